The van der Waals surface area contributed by atoms with Crippen molar-refractivity contribution in [3.63, 3.8) is 0 Å². The third-order valence-corrected chi connectivity index (χ3v) is 4.79. The van der Waals surface area contributed by atoms with Gasteiger partial charge in [0.15, 0.2) is 0 Å². The molecule has 0 aliphatic carbocycles. The van der Waals surface area contributed by atoms with Crippen molar-refractivity contribution < 1.29 is 10.0 Å². The van der Waals surface area contributed by atoms with E-state index in [-0.39, 0.29) is 0 Å². The van der Waals surface area contributed by atoms with Gasteiger partial charge in [0.1, 0.15) is 5.75 Å². The zero-order chi connectivity index (χ0) is 14.1. The molecule has 2 atom stereocenters. The molecular formula is C17H19BrNO+. The van der Waals surface area contributed by atoms with Crippen LogP contribution in [0.4, 0.5) is 0 Å². The molecule has 0 saturated carbocycles. The summed E-state index contributed by atoms with van der Waals surface area (Å²) in [4.78, 5) is 1.53. The number of hydrogen-bond acceptors (Lipinski definition) is 1. The summed E-state index contributed by atoms with van der Waals surface area (Å²) in [7, 11) is 2.25. The van der Waals surface area contributed by atoms with Crippen molar-refractivity contribution in [2.24, 2.45) is 0 Å². The highest BCUT2D eigenvalue weighted by atomic mass is 79.9. The molecule has 0 amide bonds. The summed E-state index contributed by atoms with van der Waals surface area (Å²) >= 11 is 3.43. The quantitative estimate of drug-likeness (QED) is 0.823. The molecule has 2 nitrogen and oxygen atoms in total. The van der Waals surface area contributed by atoms with Crippen LogP contribution in [0.3, 0.4) is 0 Å². The lowest BCUT2D eigenvalue weighted by Gasteiger charge is -2.20. The number of likely N-dealkylation sites (N-methyl/N-ethyl adjacent to an activating group) is 1. The number of aromatic hydroxyl groups is 1. The third kappa shape index (κ3) is 2.60. The molecule has 3 heteroatoms. The van der Waals surface area contributed by atoms with Crippen LogP contribution in [-0.4, -0.2) is 25.2 Å². The largest absolute Gasteiger partial charge is 0.507 e. The van der Waals surface area contributed by atoms with E-state index in [4.69, 9.17) is 0 Å². The monoisotopic (exact) mass is 332 g/mol. The van der Waals surface area contributed by atoms with Crippen LogP contribution in [0.5, 0.6) is 5.75 Å². The molecule has 0 bridgehead atoms. The van der Waals surface area contributed by atoms with Crippen LogP contribution in [0.1, 0.15) is 22.6 Å². The molecule has 0 radical (unpaired) electrons. The fourth-order valence-corrected chi connectivity index (χ4v) is 3.44. The molecule has 2 aromatic rings. The lowest BCUT2D eigenvalue weighted by atomic mass is 9.88. The smallest absolute Gasteiger partial charge is 0.130 e. The van der Waals surface area contributed by atoms with Crippen molar-refractivity contribution in [1.29, 1.82) is 0 Å². The first kappa shape index (κ1) is 13.7. The second kappa shape index (κ2) is 5.58. The van der Waals surface area contributed by atoms with Crippen molar-refractivity contribution in [2.75, 3.05) is 20.1 Å². The van der Waals surface area contributed by atoms with E-state index in [1.165, 1.54) is 21.6 Å². The van der Waals surface area contributed by atoms with Crippen molar-refractivity contribution >= 4 is 15.9 Å². The summed E-state index contributed by atoms with van der Waals surface area (Å²) in [6, 6.07) is 14.6. The van der Waals surface area contributed by atoms with Crippen LogP contribution in [0.25, 0.3) is 0 Å². The number of halogens is 1. The number of nitrogens with one attached hydrogen (secondary N) is 1. The van der Waals surface area contributed by atoms with Crippen molar-refractivity contribution in [3.05, 3.63) is 63.6 Å². The Hall–Kier alpha value is -1.32. The Kier molecular flexibility index (Phi) is 3.81. The number of fused-ring (bicyclic) bond motifs is 1. The van der Waals surface area contributed by atoms with Crippen molar-refractivity contribution in [3.8, 4) is 5.75 Å². The molecule has 104 valence electrons. The summed E-state index contributed by atoms with van der Waals surface area (Å²) in [5, 5.41) is 10.0. The summed E-state index contributed by atoms with van der Waals surface area (Å²) in [5.41, 5.74) is 3.95. The topological polar surface area (TPSA) is 24.7 Å². The van der Waals surface area contributed by atoms with Crippen LogP contribution < -0.4 is 4.90 Å². The number of hydrogen-bond donors (Lipinski definition) is 2. The lowest BCUT2D eigenvalue weighted by molar-refractivity contribution is -0.879. The van der Waals surface area contributed by atoms with E-state index in [2.05, 4.69) is 59.4 Å². The van der Waals surface area contributed by atoms with Gasteiger partial charge in [-0.1, -0.05) is 30.3 Å². The Morgan fingerprint density at radius 3 is 2.70 bits per heavy atom. The van der Waals surface area contributed by atoms with Crippen molar-refractivity contribution in [2.45, 2.75) is 12.3 Å². The second-order valence-electron chi connectivity index (χ2n) is 5.63. The van der Waals surface area contributed by atoms with E-state index in [0.717, 1.165) is 24.0 Å². The highest BCUT2D eigenvalue weighted by Gasteiger charge is 2.26. The molecule has 0 fully saturated rings. The molecule has 2 N–H and O–H groups in total. The summed E-state index contributed by atoms with van der Waals surface area (Å²) in [6.07, 6.45) is 1.06. The van der Waals surface area contributed by atoms with E-state index >= 15 is 0 Å². The van der Waals surface area contributed by atoms with Gasteiger partial charge in [0.2, 0.25) is 0 Å². The SMILES string of the molecule is C[NH+]1CCc2cc(Br)c(O)cc2[C@H](c2ccccc2)C1. The standard InChI is InChI=1S/C17H18BrNO/c1-19-8-7-13-9-16(18)17(20)10-14(13)15(11-19)12-5-3-2-4-6-12/h2-6,9-10,15,20H,7-8,11H2,1H3/p+1/t15-/m0/s1. The first-order chi connectivity index (χ1) is 9.65. The van der Waals surface area contributed by atoms with Gasteiger partial charge in [-0.3, -0.25) is 0 Å². The normalized spacial score (nSPS) is 22.1. The Morgan fingerprint density at radius 2 is 1.95 bits per heavy atom. The van der Waals surface area contributed by atoms with Gasteiger partial charge in [0, 0.05) is 6.42 Å². The van der Waals surface area contributed by atoms with E-state index < -0.39 is 0 Å². The molecule has 3 rings (SSSR count). The molecule has 1 unspecified atom stereocenters. The zero-order valence-corrected chi connectivity index (χ0v) is 13.2. The molecule has 0 saturated heterocycles. The summed E-state index contributed by atoms with van der Waals surface area (Å²) < 4.78 is 0.794. The van der Waals surface area contributed by atoms with Gasteiger partial charge in [-0.05, 0) is 44.8 Å². The van der Waals surface area contributed by atoms with Crippen LogP contribution in [-0.2, 0) is 6.42 Å². The van der Waals surface area contributed by atoms with Crippen LogP contribution in [0.15, 0.2) is 46.9 Å². The highest BCUT2D eigenvalue weighted by molar-refractivity contribution is 9.10. The Labute approximate surface area is 128 Å². The maximum absolute atomic E-state index is 10.0. The number of rotatable bonds is 1. The van der Waals surface area contributed by atoms with Gasteiger partial charge in [0.25, 0.3) is 0 Å². The predicted octanol–water partition coefficient (Wildman–Crippen LogP) is 2.36. The Bertz CT molecular complexity index is 612. The lowest BCUT2D eigenvalue weighted by Crippen LogP contribution is -3.09. The molecule has 1 aliphatic rings. The van der Waals surface area contributed by atoms with Gasteiger partial charge < -0.3 is 10.0 Å². The van der Waals surface area contributed by atoms with E-state index in [1.54, 1.807) is 0 Å². The molecule has 1 heterocycles. The van der Waals surface area contributed by atoms with Crippen LogP contribution in [0.2, 0.25) is 0 Å². The number of phenolic OH excluding ortho intramolecular Hbond substituents is 1. The average molecular weight is 333 g/mol. The Morgan fingerprint density at radius 1 is 1.20 bits per heavy atom. The predicted molar refractivity (Wildman–Crippen MR) is 84.4 cm³/mol. The van der Waals surface area contributed by atoms with Gasteiger partial charge >= 0.3 is 0 Å². The van der Waals surface area contributed by atoms with Crippen LogP contribution >= 0.6 is 15.9 Å². The van der Waals surface area contributed by atoms with Gasteiger partial charge in [0.05, 0.1) is 30.5 Å². The molecule has 2 aromatic carbocycles. The van der Waals surface area contributed by atoms with Crippen molar-refractivity contribution in [1.82, 2.24) is 0 Å². The Balaban J connectivity index is 2.12. The van der Waals surface area contributed by atoms with Crippen LogP contribution in [0, 0.1) is 0 Å². The summed E-state index contributed by atoms with van der Waals surface area (Å²) in [6.45, 7) is 2.20. The number of phenols is 1. The first-order valence-electron chi connectivity index (χ1n) is 7.02. The molecule has 20 heavy (non-hydrogen) atoms. The minimum Gasteiger partial charge on any atom is -0.507 e. The van der Waals surface area contributed by atoms with E-state index in [0.29, 0.717) is 11.7 Å². The second-order valence-corrected chi connectivity index (χ2v) is 6.48. The minimum absolute atomic E-state index is 0.337. The average Bonchev–Trinajstić information content (AvgIpc) is 2.61. The number of quaternary nitrogens is 1. The van der Waals surface area contributed by atoms with Gasteiger partial charge in [-0.25, -0.2) is 0 Å². The molecule has 1 aliphatic heterocycles. The van der Waals surface area contributed by atoms with E-state index in [9.17, 15) is 5.11 Å². The summed E-state index contributed by atoms with van der Waals surface area (Å²) in [5.74, 6) is 0.692. The molecule has 0 spiro atoms. The molecular weight excluding hydrogens is 314 g/mol. The van der Waals surface area contributed by atoms with E-state index in [1.807, 2.05) is 6.07 Å². The fraction of sp³-hybridized carbons (Fsp3) is 0.294. The highest BCUT2D eigenvalue weighted by Crippen LogP contribution is 2.34. The van der Waals surface area contributed by atoms with Gasteiger partial charge in [-0.2, -0.15) is 0 Å². The zero-order valence-electron chi connectivity index (χ0n) is 11.6. The van der Waals surface area contributed by atoms with Gasteiger partial charge in [-0.15, -0.1) is 0 Å². The molecule has 0 aromatic heterocycles. The minimum atomic E-state index is 0.337. The maximum Gasteiger partial charge on any atom is 0.130 e. The maximum atomic E-state index is 10.0. The number of benzene rings is 2. The third-order valence-electron chi connectivity index (χ3n) is 4.16. The fourth-order valence-electron chi connectivity index (χ4n) is 3.05. The first-order valence-corrected chi connectivity index (χ1v) is 7.82.